The Labute approximate surface area is 146 Å². The van der Waals surface area contributed by atoms with Crippen LogP contribution in [0.1, 0.15) is 22.3 Å². The van der Waals surface area contributed by atoms with E-state index in [-0.39, 0.29) is 5.96 Å². The van der Waals surface area contributed by atoms with Crippen LogP contribution in [0, 0.1) is 11.3 Å². The van der Waals surface area contributed by atoms with Gasteiger partial charge in [0.15, 0.2) is 0 Å². The molecule has 0 amide bonds. The van der Waals surface area contributed by atoms with E-state index in [4.69, 9.17) is 11.0 Å². The zero-order valence-electron chi connectivity index (χ0n) is 13.8. The van der Waals surface area contributed by atoms with Crippen LogP contribution in [-0.4, -0.2) is 25.4 Å². The van der Waals surface area contributed by atoms with Crippen LogP contribution < -0.4 is 16.5 Å². The maximum absolute atomic E-state index is 8.84. The average molecular weight is 333 g/mol. The molecule has 0 bridgehead atoms. The van der Waals surface area contributed by atoms with Gasteiger partial charge in [-0.1, -0.05) is 30.3 Å². The molecule has 0 aliphatic carbocycles. The number of benzene rings is 2. The van der Waals surface area contributed by atoms with E-state index in [2.05, 4.69) is 32.1 Å². The summed E-state index contributed by atoms with van der Waals surface area (Å²) in [7, 11) is 1.90. The van der Waals surface area contributed by atoms with E-state index < -0.39 is 0 Å². The van der Waals surface area contributed by atoms with E-state index in [1.165, 1.54) is 6.21 Å². The minimum absolute atomic E-state index is 0.0651. The molecule has 0 heterocycles. The molecule has 2 rings (SSSR count). The largest absolute Gasteiger partial charge is 0.367 e. The Balaban J connectivity index is 1.91. The van der Waals surface area contributed by atoms with Crippen LogP contribution in [0.2, 0.25) is 0 Å². The molecule has 0 fully saturated rings. The number of rotatable bonds is 6. The zero-order chi connectivity index (χ0) is 17.9. The summed E-state index contributed by atoms with van der Waals surface area (Å²) in [5.41, 5.74) is 11.7. The number of nitriles is 1. The van der Waals surface area contributed by atoms with Gasteiger partial charge in [-0.25, -0.2) is 5.43 Å². The Morgan fingerprint density at radius 3 is 2.68 bits per heavy atom. The lowest BCUT2D eigenvalue weighted by Crippen LogP contribution is -2.26. The third kappa shape index (κ3) is 6.25. The molecule has 4 N–H and O–H groups in total. The van der Waals surface area contributed by atoms with Crippen molar-refractivity contribution in [3.8, 4) is 6.07 Å². The molecular weight excluding hydrogens is 314 g/mol. The highest BCUT2D eigenvalue weighted by atomic mass is 15.4. The third-order valence-corrected chi connectivity index (χ3v) is 3.11. The molecular formula is C18H19N7. The van der Waals surface area contributed by atoms with Gasteiger partial charge in [-0.05, 0) is 41.9 Å². The smallest absolute Gasteiger partial charge is 0.234 e. The minimum Gasteiger partial charge on any atom is -0.367 e. The first-order valence-corrected chi connectivity index (χ1v) is 7.60. The SMILES string of the molecule is CNCc1cccc(/C=N/NC(N)=N/N=C/c2cccc(C#N)c2)c1. The molecule has 0 aromatic heterocycles. The van der Waals surface area contributed by atoms with Crippen molar-refractivity contribution >= 4 is 18.4 Å². The van der Waals surface area contributed by atoms with Crippen molar-refractivity contribution < 1.29 is 0 Å². The highest BCUT2D eigenvalue weighted by Crippen LogP contribution is 2.03. The van der Waals surface area contributed by atoms with E-state index in [1.54, 1.807) is 24.4 Å². The predicted octanol–water partition coefficient (Wildman–Crippen LogP) is 1.55. The van der Waals surface area contributed by atoms with Gasteiger partial charge in [0.25, 0.3) is 0 Å². The summed E-state index contributed by atoms with van der Waals surface area (Å²) in [5.74, 6) is 0.0651. The molecule has 0 spiro atoms. The zero-order valence-corrected chi connectivity index (χ0v) is 13.8. The molecule has 2 aromatic rings. The van der Waals surface area contributed by atoms with Crippen LogP contribution in [0.4, 0.5) is 0 Å². The van der Waals surface area contributed by atoms with Crippen LogP contribution in [0.15, 0.2) is 63.8 Å². The molecule has 0 radical (unpaired) electrons. The lowest BCUT2D eigenvalue weighted by atomic mass is 10.1. The van der Waals surface area contributed by atoms with Crippen molar-refractivity contribution in [3.63, 3.8) is 0 Å². The van der Waals surface area contributed by atoms with E-state index in [9.17, 15) is 0 Å². The summed E-state index contributed by atoms with van der Waals surface area (Å²) in [6.07, 6.45) is 3.17. The molecule has 0 aliphatic heterocycles. The second-order valence-corrected chi connectivity index (χ2v) is 5.11. The Kier molecular flexibility index (Phi) is 6.85. The molecule has 0 aliphatic rings. The van der Waals surface area contributed by atoms with Gasteiger partial charge < -0.3 is 11.1 Å². The normalized spacial score (nSPS) is 11.8. The summed E-state index contributed by atoms with van der Waals surface area (Å²) >= 11 is 0. The van der Waals surface area contributed by atoms with Gasteiger partial charge in [0.1, 0.15) is 0 Å². The van der Waals surface area contributed by atoms with E-state index in [1.807, 2.05) is 37.4 Å². The number of hydrogen-bond donors (Lipinski definition) is 3. The molecule has 2 aromatic carbocycles. The molecule has 0 saturated carbocycles. The maximum atomic E-state index is 8.84. The number of nitrogens with two attached hydrogens (primary N) is 1. The van der Waals surface area contributed by atoms with Gasteiger partial charge in [0, 0.05) is 6.54 Å². The fourth-order valence-corrected chi connectivity index (χ4v) is 2.03. The Hall–Kier alpha value is -3.50. The molecule has 25 heavy (non-hydrogen) atoms. The highest BCUT2D eigenvalue weighted by molar-refractivity contribution is 5.84. The van der Waals surface area contributed by atoms with Gasteiger partial charge in [-0.2, -0.15) is 15.5 Å². The quantitative estimate of drug-likeness (QED) is 0.423. The lowest BCUT2D eigenvalue weighted by molar-refractivity contribution is 0.818. The second kappa shape index (κ2) is 9.60. The van der Waals surface area contributed by atoms with Gasteiger partial charge in [-0.15, -0.1) is 5.10 Å². The number of guanidine groups is 1. The molecule has 0 saturated heterocycles. The van der Waals surface area contributed by atoms with Gasteiger partial charge in [0.05, 0.1) is 24.1 Å². The minimum atomic E-state index is 0.0651. The fourth-order valence-electron chi connectivity index (χ4n) is 2.03. The summed E-state index contributed by atoms with van der Waals surface area (Å²) in [5, 5.41) is 23.6. The van der Waals surface area contributed by atoms with Crippen molar-refractivity contribution in [2.75, 3.05) is 7.05 Å². The maximum Gasteiger partial charge on any atom is 0.234 e. The van der Waals surface area contributed by atoms with Crippen LogP contribution >= 0.6 is 0 Å². The second-order valence-electron chi connectivity index (χ2n) is 5.11. The Bertz CT molecular complexity index is 831. The number of hydrazone groups is 1. The standard InChI is InChI=1S/C18H19N7/c1-21-11-15-5-3-7-17(9-15)13-23-25-18(20)24-22-12-16-6-2-4-14(8-16)10-19/h2-9,12-13,21H,11H2,1H3,(H3,20,24,25)/b22-12+,23-13+. The first kappa shape index (κ1) is 17.8. The van der Waals surface area contributed by atoms with E-state index in [0.717, 1.165) is 23.2 Å². The average Bonchev–Trinajstić information content (AvgIpc) is 2.62. The van der Waals surface area contributed by atoms with Crippen molar-refractivity contribution in [3.05, 3.63) is 70.8 Å². The van der Waals surface area contributed by atoms with Crippen molar-refractivity contribution in [2.24, 2.45) is 21.0 Å². The Morgan fingerprint density at radius 2 is 1.92 bits per heavy atom. The van der Waals surface area contributed by atoms with Crippen LogP contribution in [-0.2, 0) is 6.54 Å². The van der Waals surface area contributed by atoms with E-state index >= 15 is 0 Å². The highest BCUT2D eigenvalue weighted by Gasteiger charge is 1.93. The molecule has 7 nitrogen and oxygen atoms in total. The van der Waals surface area contributed by atoms with Crippen LogP contribution in [0.25, 0.3) is 0 Å². The topological polar surface area (TPSA) is 111 Å². The Morgan fingerprint density at radius 1 is 1.16 bits per heavy atom. The number of hydrogen-bond acceptors (Lipinski definition) is 5. The van der Waals surface area contributed by atoms with Crippen molar-refractivity contribution in [2.45, 2.75) is 6.54 Å². The first-order chi connectivity index (χ1) is 12.2. The van der Waals surface area contributed by atoms with Gasteiger partial charge in [0.2, 0.25) is 5.96 Å². The molecule has 7 heteroatoms. The van der Waals surface area contributed by atoms with Crippen molar-refractivity contribution in [1.29, 1.82) is 5.26 Å². The van der Waals surface area contributed by atoms with Crippen LogP contribution in [0.5, 0.6) is 0 Å². The first-order valence-electron chi connectivity index (χ1n) is 7.60. The molecule has 0 unspecified atom stereocenters. The van der Waals surface area contributed by atoms with Crippen molar-refractivity contribution in [1.82, 2.24) is 10.7 Å². The molecule has 0 atom stereocenters. The fraction of sp³-hybridized carbons (Fsp3) is 0.111. The summed E-state index contributed by atoms with van der Waals surface area (Å²) in [4.78, 5) is 0. The van der Waals surface area contributed by atoms with E-state index in [0.29, 0.717) is 5.56 Å². The number of nitrogens with zero attached hydrogens (tertiary/aromatic N) is 4. The van der Waals surface area contributed by atoms with Gasteiger partial charge >= 0.3 is 0 Å². The molecule has 126 valence electrons. The monoisotopic (exact) mass is 333 g/mol. The summed E-state index contributed by atoms with van der Waals surface area (Å²) in [6, 6.07) is 17.0. The van der Waals surface area contributed by atoms with Gasteiger partial charge in [-0.3, -0.25) is 0 Å². The number of nitrogens with one attached hydrogen (secondary N) is 2. The summed E-state index contributed by atoms with van der Waals surface area (Å²) in [6.45, 7) is 0.792. The summed E-state index contributed by atoms with van der Waals surface area (Å²) < 4.78 is 0. The lowest BCUT2D eigenvalue weighted by Gasteiger charge is -2.01. The third-order valence-electron chi connectivity index (χ3n) is 3.11. The van der Waals surface area contributed by atoms with Crippen LogP contribution in [0.3, 0.4) is 0 Å². The predicted molar refractivity (Wildman–Crippen MR) is 100 cm³/mol.